The van der Waals surface area contributed by atoms with Gasteiger partial charge in [-0.05, 0) is 0 Å². The Labute approximate surface area is 892 Å². The zero-order chi connectivity index (χ0) is 20.0. The van der Waals surface area contributed by atoms with E-state index in [-0.39, 0.29) is 761 Å². The van der Waals surface area contributed by atoms with Gasteiger partial charge in [0.2, 0.25) is 0 Å². The maximum atomic E-state index is 4.07. The molecule has 0 atom stereocenters. The van der Waals surface area contributed by atoms with Crippen LogP contribution in [0, 0.1) is 112 Å². The van der Waals surface area contributed by atoms with Crippen LogP contribution in [0.2, 0.25) is 0 Å². The molecule has 0 spiro atoms. The second kappa shape index (κ2) is 137. The van der Waals surface area contributed by atoms with Crippen molar-refractivity contribution >= 4 is 12.4 Å². The largest absolute Gasteiger partial charge is 0.358 e. The van der Waals surface area contributed by atoms with E-state index in [9.17, 15) is 0 Å². The van der Waals surface area contributed by atoms with Crippen LogP contribution in [0.25, 0.3) is 0 Å². The molecule has 0 amide bonds. The van der Waals surface area contributed by atoms with Crippen molar-refractivity contribution in [1.82, 2.24) is 0 Å². The van der Waals surface area contributed by atoms with E-state index >= 15 is 0 Å². The van der Waals surface area contributed by atoms with Gasteiger partial charge < -0.3 is 44.6 Å². The van der Waals surface area contributed by atoms with E-state index < -0.39 is 0 Å². The van der Waals surface area contributed by atoms with Gasteiger partial charge in [-0.15, -0.1) is 33.4 Å². The molecule has 23 heteroatoms. The molecule has 57 heavy (non-hydrogen) atoms. The fraction of sp³-hybridized carbons (Fsp3) is 0.412. The van der Waals surface area contributed by atoms with Gasteiger partial charge in [-0.3, -0.25) is 9.98 Å². The van der Waals surface area contributed by atoms with Gasteiger partial charge in [-0.1, -0.05) is 85.1 Å². The standard InChI is InChI=1S/2C12H16N.4CH4.6CH3.21Y/c2*1-8-6-9(2)11(4)12(7-13-5)10(8)3;;;;;;;;;;;;;;;;;;;;;;;;;;;;;;;/h2*7H,1-5H3;4*1H4;6*1H3;;;;;;;;;;;;;;;;;;;;;/q2*-1;;;;;6*-1;;;;;;;;;;;;;;;;;;;;;. The van der Waals surface area contributed by atoms with Gasteiger partial charge in [0, 0.05) is 713 Å². The second-order valence-corrected chi connectivity index (χ2v) is 6.85. The Morgan fingerprint density at radius 2 is 0.386 bits per heavy atom. The molecule has 0 aliphatic rings. The fourth-order valence-corrected chi connectivity index (χ4v) is 2.95. The van der Waals surface area contributed by atoms with Crippen LogP contribution in [0.15, 0.2) is 9.98 Å². The first-order valence-corrected chi connectivity index (χ1v) is 8.99. The molecule has 0 aliphatic carbocycles. The number of benzene rings is 2. The predicted molar refractivity (Wildman–Crippen MR) is 181 cm³/mol. The molecule has 0 bridgehead atoms. The third kappa shape index (κ3) is 96.4. The van der Waals surface area contributed by atoms with Crippen molar-refractivity contribution in [3.63, 3.8) is 0 Å². The van der Waals surface area contributed by atoms with Gasteiger partial charge >= 0.3 is 0 Å². The van der Waals surface area contributed by atoms with E-state index in [1.807, 2.05) is 12.4 Å². The first-order valence-electron chi connectivity index (χ1n) is 8.99. The van der Waals surface area contributed by atoms with Crippen LogP contribution in [0.4, 0.5) is 0 Å². The molecule has 2 aromatic rings. The van der Waals surface area contributed by atoms with Gasteiger partial charge in [0.05, 0.1) is 0 Å². The molecule has 0 saturated heterocycles. The summed E-state index contributed by atoms with van der Waals surface area (Å²) in [7, 11) is 3.61. The minimum absolute atomic E-state index is 0. The van der Waals surface area contributed by atoms with Crippen molar-refractivity contribution in [3.05, 3.63) is 112 Å². The number of rotatable bonds is 2. The second-order valence-electron chi connectivity index (χ2n) is 6.85. The topological polar surface area (TPSA) is 24.7 Å². The molecule has 0 unspecified atom stereocenters. The van der Waals surface area contributed by atoms with Crippen molar-refractivity contribution in [1.29, 1.82) is 0 Å². The molecule has 0 fully saturated rings. The number of hydrogen-bond donors (Lipinski definition) is 0. The number of aliphatic imine (C=N–C) groups is 2. The molecule has 0 heterocycles. The van der Waals surface area contributed by atoms with Gasteiger partial charge in [0.25, 0.3) is 0 Å². The molecular weight excluding hydrogens is 2300 g/mol. The Morgan fingerprint density at radius 3 is 0.474 bits per heavy atom. The average Bonchev–Trinajstić information content (AvgIpc) is 2.59. The molecule has 283 valence electrons. The third-order valence-corrected chi connectivity index (χ3v) is 5.13. The molecule has 2 nitrogen and oxygen atoms in total. The number of aryl methyl sites for hydroxylation is 4. The first kappa shape index (κ1) is 209. The summed E-state index contributed by atoms with van der Waals surface area (Å²) in [4.78, 5) is 8.14. The minimum Gasteiger partial charge on any atom is -0.358 e. The average molecular weight is 2370 g/mol. The summed E-state index contributed by atoms with van der Waals surface area (Å²) in [5, 5.41) is 0. The quantitative estimate of drug-likeness (QED) is 0.212. The van der Waals surface area contributed by atoms with E-state index in [1.54, 1.807) is 14.1 Å². The number of hydrogen-bond acceptors (Lipinski definition) is 2. The summed E-state index contributed by atoms with van der Waals surface area (Å²) in [5.41, 5.74) is 12.5. The van der Waals surface area contributed by atoms with Crippen LogP contribution < -0.4 is 0 Å². The van der Waals surface area contributed by atoms with Crippen LogP contribution >= 0.6 is 0 Å². The van der Waals surface area contributed by atoms with E-state index in [0.717, 1.165) is 0 Å². The van der Waals surface area contributed by atoms with Gasteiger partial charge in [0.15, 0.2) is 0 Å². The van der Waals surface area contributed by atoms with E-state index in [0.29, 0.717) is 0 Å². The molecule has 21 radical (unpaired) electrons. The Hall–Kier alpha value is 21.0. The van der Waals surface area contributed by atoms with Crippen LogP contribution in [0.1, 0.15) is 85.3 Å². The zero-order valence-corrected chi connectivity index (χ0v) is 95.8. The first-order chi connectivity index (χ1) is 12.1. The molecule has 0 saturated carbocycles. The van der Waals surface area contributed by atoms with Gasteiger partial charge in [0.1, 0.15) is 0 Å². The molecule has 2 rings (SSSR count). The van der Waals surface area contributed by atoms with E-state index in [4.69, 9.17) is 0 Å². The summed E-state index contributed by atoms with van der Waals surface area (Å²) in [6.07, 6.45) is 3.86. The maximum Gasteiger partial charge on any atom is 0.0276 e. The van der Waals surface area contributed by atoms with Crippen LogP contribution in [0.3, 0.4) is 0 Å². The van der Waals surface area contributed by atoms with E-state index in [2.05, 4.69) is 77.5 Å². The fourth-order valence-electron chi connectivity index (χ4n) is 2.95. The van der Waals surface area contributed by atoms with Crippen molar-refractivity contribution < 1.29 is 687 Å². The molecule has 0 aliphatic heterocycles. The summed E-state index contributed by atoms with van der Waals surface area (Å²) >= 11 is 0. The normalized spacial score (nSPS) is 5.09. The summed E-state index contributed by atoms with van der Waals surface area (Å²) in [6.45, 7) is 16.8. The molecular formula is C34H66N2Y21-8. The Balaban J connectivity index is -0.00000000530. The smallest absolute Gasteiger partial charge is 0.0276 e. The van der Waals surface area contributed by atoms with Crippen LogP contribution in [0.5, 0.6) is 0 Å². The summed E-state index contributed by atoms with van der Waals surface area (Å²) in [6, 6.07) is 6.69. The Morgan fingerprint density at radius 1 is 0.281 bits per heavy atom. The van der Waals surface area contributed by atoms with E-state index in [1.165, 1.54) is 55.6 Å². The summed E-state index contributed by atoms with van der Waals surface area (Å²) < 4.78 is 0. The zero-order valence-electron chi connectivity index (χ0n) is 36.2. The Kier molecular flexibility index (Phi) is 503. The van der Waals surface area contributed by atoms with Gasteiger partial charge in [-0.2, -0.15) is 34.4 Å². The SMILES string of the molecule is C.C.C.C.CN=Cc1c(C)c(C)[c-]c(C)c1C.CN=Cc1c(C)c(C)[c-]c(C)c1C.[CH3-].[CH3-].[CH3-].[CH3-].[CH3-].[CH3-].[Y].[Y].[Y].[Y].[Y].[Y].[Y].[Y].[Y].[Y].[Y].[Y].[Y].[Y].[Y].[Y].[Y].[Y].[Y].[Y].[Y]. The van der Waals surface area contributed by atoms with Crippen LogP contribution in [-0.4, -0.2) is 26.5 Å². The molecule has 0 N–H and O–H groups in total. The number of nitrogens with zero attached hydrogens (tertiary/aromatic N) is 2. The molecule has 2 aromatic carbocycles. The Bertz CT molecular complexity index is 771. The van der Waals surface area contributed by atoms with Crippen molar-refractivity contribution in [3.8, 4) is 0 Å². The predicted octanol–water partition coefficient (Wildman–Crippen LogP) is 10.7. The van der Waals surface area contributed by atoms with Crippen molar-refractivity contribution in [2.75, 3.05) is 14.1 Å². The monoisotopic (exact) mass is 2370 g/mol. The van der Waals surface area contributed by atoms with Gasteiger partial charge in [-0.25, -0.2) is 0 Å². The maximum absolute atomic E-state index is 4.07. The third-order valence-electron chi connectivity index (χ3n) is 5.13. The minimum atomic E-state index is 0. The molecule has 0 aromatic heterocycles. The van der Waals surface area contributed by atoms with Crippen LogP contribution in [-0.2, 0) is 687 Å². The van der Waals surface area contributed by atoms with Crippen molar-refractivity contribution in [2.45, 2.75) is 85.1 Å². The van der Waals surface area contributed by atoms with Crippen molar-refractivity contribution in [2.24, 2.45) is 9.98 Å². The summed E-state index contributed by atoms with van der Waals surface area (Å²) in [5.74, 6) is 0.